The van der Waals surface area contributed by atoms with Crippen LogP contribution < -0.4 is 10.6 Å². The highest BCUT2D eigenvalue weighted by Gasteiger charge is 2.08. The summed E-state index contributed by atoms with van der Waals surface area (Å²) in [5.41, 5.74) is 4.80. The van der Waals surface area contributed by atoms with E-state index >= 15 is 0 Å². The number of benzene rings is 2. The predicted octanol–water partition coefficient (Wildman–Crippen LogP) is 4.43. The van der Waals surface area contributed by atoms with Crippen molar-refractivity contribution in [1.29, 1.82) is 0 Å². The standard InChI is InChI=1S/C23H23N5O/c1-2-16-7-9-19(10-8-16)28-22(29)18-14-26-23(27-15-18)24-12-11-17-13-25-21-6-4-3-5-20(17)21/h3-10,13-15,25H,2,11-12H2,1H3,(H,28,29)(H,24,26,27). The van der Waals surface area contributed by atoms with Gasteiger partial charge in [-0.05, 0) is 42.2 Å². The van der Waals surface area contributed by atoms with Gasteiger partial charge in [0.1, 0.15) is 0 Å². The van der Waals surface area contributed by atoms with Gasteiger partial charge in [0.2, 0.25) is 5.95 Å². The molecule has 2 heterocycles. The van der Waals surface area contributed by atoms with Crippen molar-refractivity contribution >= 4 is 28.4 Å². The number of hydrogen-bond donors (Lipinski definition) is 3. The normalized spacial score (nSPS) is 10.8. The van der Waals surface area contributed by atoms with Crippen molar-refractivity contribution in [3.8, 4) is 0 Å². The smallest absolute Gasteiger partial charge is 0.258 e. The Morgan fingerprint density at radius 1 is 1.03 bits per heavy atom. The molecule has 2 aromatic heterocycles. The van der Waals surface area contributed by atoms with Crippen LogP contribution in [0, 0.1) is 0 Å². The Hall–Kier alpha value is -3.67. The van der Waals surface area contributed by atoms with Gasteiger partial charge in [0.15, 0.2) is 0 Å². The third-order valence-corrected chi connectivity index (χ3v) is 4.89. The van der Waals surface area contributed by atoms with Crippen molar-refractivity contribution in [2.45, 2.75) is 19.8 Å². The molecule has 2 aromatic carbocycles. The summed E-state index contributed by atoms with van der Waals surface area (Å²) >= 11 is 0. The number of aryl methyl sites for hydroxylation is 1. The molecular formula is C23H23N5O. The van der Waals surface area contributed by atoms with E-state index in [4.69, 9.17) is 0 Å². The molecule has 146 valence electrons. The molecule has 4 aromatic rings. The van der Waals surface area contributed by atoms with Gasteiger partial charge in [-0.25, -0.2) is 9.97 Å². The molecule has 0 aliphatic heterocycles. The lowest BCUT2D eigenvalue weighted by atomic mass is 10.1. The summed E-state index contributed by atoms with van der Waals surface area (Å²) in [6.45, 7) is 2.80. The molecule has 0 aliphatic carbocycles. The van der Waals surface area contributed by atoms with E-state index in [2.05, 4.69) is 44.6 Å². The second-order valence-corrected chi connectivity index (χ2v) is 6.84. The van der Waals surface area contributed by atoms with E-state index in [1.54, 1.807) is 0 Å². The summed E-state index contributed by atoms with van der Waals surface area (Å²) in [6, 6.07) is 16.1. The first kappa shape index (κ1) is 18.7. The zero-order chi connectivity index (χ0) is 20.1. The maximum Gasteiger partial charge on any atom is 0.258 e. The Kier molecular flexibility index (Phi) is 5.52. The largest absolute Gasteiger partial charge is 0.361 e. The van der Waals surface area contributed by atoms with Crippen LogP contribution in [0.2, 0.25) is 0 Å². The van der Waals surface area contributed by atoms with E-state index in [-0.39, 0.29) is 5.91 Å². The van der Waals surface area contributed by atoms with Gasteiger partial charge in [-0.3, -0.25) is 4.79 Å². The molecule has 4 rings (SSSR count). The molecule has 3 N–H and O–H groups in total. The maximum atomic E-state index is 12.4. The van der Waals surface area contributed by atoms with Crippen LogP contribution >= 0.6 is 0 Å². The Balaban J connectivity index is 1.32. The minimum atomic E-state index is -0.223. The lowest BCUT2D eigenvalue weighted by Crippen LogP contribution is -2.14. The van der Waals surface area contributed by atoms with Crippen LogP contribution in [0.15, 0.2) is 67.1 Å². The quantitative estimate of drug-likeness (QED) is 0.440. The molecule has 0 atom stereocenters. The molecule has 0 unspecified atom stereocenters. The predicted molar refractivity (Wildman–Crippen MR) is 116 cm³/mol. The average Bonchev–Trinajstić information content (AvgIpc) is 3.18. The van der Waals surface area contributed by atoms with Crippen LogP contribution in [-0.4, -0.2) is 27.4 Å². The van der Waals surface area contributed by atoms with Gasteiger partial charge in [0.05, 0.1) is 5.56 Å². The van der Waals surface area contributed by atoms with Crippen molar-refractivity contribution < 1.29 is 4.79 Å². The monoisotopic (exact) mass is 385 g/mol. The fraction of sp³-hybridized carbons (Fsp3) is 0.174. The second kappa shape index (κ2) is 8.56. The van der Waals surface area contributed by atoms with E-state index in [1.807, 2.05) is 42.6 Å². The first-order valence-corrected chi connectivity index (χ1v) is 9.74. The molecule has 0 radical (unpaired) electrons. The maximum absolute atomic E-state index is 12.4. The Morgan fingerprint density at radius 2 is 1.79 bits per heavy atom. The number of amides is 1. The molecule has 0 saturated heterocycles. The number of rotatable bonds is 7. The number of H-pyrrole nitrogens is 1. The van der Waals surface area contributed by atoms with E-state index < -0.39 is 0 Å². The van der Waals surface area contributed by atoms with Crippen molar-refractivity contribution in [3.63, 3.8) is 0 Å². The number of para-hydroxylation sites is 1. The van der Waals surface area contributed by atoms with Crippen molar-refractivity contribution in [1.82, 2.24) is 15.0 Å². The summed E-state index contributed by atoms with van der Waals surface area (Å²) in [6.07, 6.45) is 6.93. The van der Waals surface area contributed by atoms with Gasteiger partial charge in [0, 0.05) is 41.7 Å². The lowest BCUT2D eigenvalue weighted by Gasteiger charge is -2.07. The van der Waals surface area contributed by atoms with Crippen molar-refractivity contribution in [3.05, 3.63) is 83.8 Å². The van der Waals surface area contributed by atoms with Crippen molar-refractivity contribution in [2.75, 3.05) is 17.2 Å². The van der Waals surface area contributed by atoms with E-state index in [0.717, 1.165) is 24.0 Å². The number of aromatic nitrogens is 3. The number of carbonyl (C=O) groups is 1. The zero-order valence-corrected chi connectivity index (χ0v) is 16.3. The second-order valence-electron chi connectivity index (χ2n) is 6.84. The SMILES string of the molecule is CCc1ccc(NC(=O)c2cnc(NCCc3c[nH]c4ccccc34)nc2)cc1. The third kappa shape index (κ3) is 4.43. The number of carbonyl (C=O) groups excluding carboxylic acids is 1. The summed E-state index contributed by atoms with van der Waals surface area (Å²) in [4.78, 5) is 24.2. The number of nitrogens with one attached hydrogen (secondary N) is 3. The molecule has 0 aliphatic rings. The molecule has 0 bridgehead atoms. The number of nitrogens with zero attached hydrogens (tertiary/aromatic N) is 2. The lowest BCUT2D eigenvalue weighted by molar-refractivity contribution is 0.102. The van der Waals surface area contributed by atoms with Crippen LogP contribution in [0.1, 0.15) is 28.4 Å². The fourth-order valence-corrected chi connectivity index (χ4v) is 3.21. The molecule has 0 fully saturated rings. The number of hydrogen-bond acceptors (Lipinski definition) is 4. The van der Waals surface area contributed by atoms with Crippen LogP contribution in [-0.2, 0) is 12.8 Å². The molecule has 1 amide bonds. The first-order chi connectivity index (χ1) is 14.2. The van der Waals surface area contributed by atoms with E-state index in [9.17, 15) is 4.79 Å². The molecule has 0 saturated carbocycles. The molecular weight excluding hydrogens is 362 g/mol. The van der Waals surface area contributed by atoms with Crippen LogP contribution in [0.5, 0.6) is 0 Å². The van der Waals surface area contributed by atoms with Gasteiger partial charge >= 0.3 is 0 Å². The Morgan fingerprint density at radius 3 is 2.55 bits per heavy atom. The van der Waals surface area contributed by atoms with E-state index in [0.29, 0.717) is 18.1 Å². The van der Waals surface area contributed by atoms with Crippen LogP contribution in [0.4, 0.5) is 11.6 Å². The topological polar surface area (TPSA) is 82.7 Å². The highest BCUT2D eigenvalue weighted by atomic mass is 16.1. The highest BCUT2D eigenvalue weighted by molar-refractivity contribution is 6.03. The first-order valence-electron chi connectivity index (χ1n) is 9.74. The van der Waals surface area contributed by atoms with Gasteiger partial charge in [-0.15, -0.1) is 0 Å². The van der Waals surface area contributed by atoms with Crippen LogP contribution in [0.3, 0.4) is 0 Å². The fourth-order valence-electron chi connectivity index (χ4n) is 3.21. The molecule has 6 heteroatoms. The highest BCUT2D eigenvalue weighted by Crippen LogP contribution is 2.18. The Labute approximate surface area is 169 Å². The molecule has 0 spiro atoms. The summed E-state index contributed by atoms with van der Waals surface area (Å²) < 4.78 is 0. The van der Waals surface area contributed by atoms with Gasteiger partial charge in [0.25, 0.3) is 5.91 Å². The number of anilines is 2. The summed E-state index contributed by atoms with van der Waals surface area (Å²) in [7, 11) is 0. The summed E-state index contributed by atoms with van der Waals surface area (Å²) in [5.74, 6) is 0.285. The number of aromatic amines is 1. The Bertz CT molecular complexity index is 1100. The van der Waals surface area contributed by atoms with Gasteiger partial charge in [-0.2, -0.15) is 0 Å². The van der Waals surface area contributed by atoms with Gasteiger partial charge < -0.3 is 15.6 Å². The average molecular weight is 385 g/mol. The minimum absolute atomic E-state index is 0.223. The molecule has 29 heavy (non-hydrogen) atoms. The van der Waals surface area contributed by atoms with E-state index in [1.165, 1.54) is 28.9 Å². The van der Waals surface area contributed by atoms with Crippen molar-refractivity contribution in [2.24, 2.45) is 0 Å². The minimum Gasteiger partial charge on any atom is -0.361 e. The number of fused-ring (bicyclic) bond motifs is 1. The van der Waals surface area contributed by atoms with Gasteiger partial charge in [-0.1, -0.05) is 37.3 Å². The third-order valence-electron chi connectivity index (χ3n) is 4.89. The van der Waals surface area contributed by atoms with Crippen LogP contribution in [0.25, 0.3) is 10.9 Å². The molecule has 6 nitrogen and oxygen atoms in total. The summed E-state index contributed by atoms with van der Waals surface area (Å²) in [5, 5.41) is 7.30. The zero-order valence-electron chi connectivity index (χ0n) is 16.3.